The van der Waals surface area contributed by atoms with E-state index in [9.17, 15) is 0 Å². The van der Waals surface area contributed by atoms with Gasteiger partial charge in [-0.25, -0.2) is 0 Å². The molecule has 2 nitrogen and oxygen atoms in total. The van der Waals surface area contributed by atoms with E-state index in [1.54, 1.807) is 0 Å². The molecule has 0 radical (unpaired) electrons. The lowest BCUT2D eigenvalue weighted by Crippen LogP contribution is -2.09. The predicted octanol–water partition coefficient (Wildman–Crippen LogP) is 1.40. The molecule has 1 heterocycles. The monoisotopic (exact) mass is 179 g/mol. The highest BCUT2D eigenvalue weighted by atomic mass is 79.9. The summed E-state index contributed by atoms with van der Waals surface area (Å²) in [4.78, 5) is 4.02. The number of halogens is 1. The fourth-order valence-electron chi connectivity index (χ4n) is 0.567. The Bertz CT molecular complexity index is 92.4. The normalized spacial score (nSPS) is 17.9. The average molecular weight is 180 g/mol. The van der Waals surface area contributed by atoms with E-state index in [0.717, 1.165) is 25.5 Å². The lowest BCUT2D eigenvalue weighted by Gasteiger charge is -2.08. The molecule has 0 fully saturated rings. The van der Waals surface area contributed by atoms with Gasteiger partial charge >= 0.3 is 0 Å². The first-order valence-electron chi connectivity index (χ1n) is 2.53. The van der Waals surface area contributed by atoms with Crippen LogP contribution < -0.4 is 0 Å². The number of nitrogens with zero attached hydrogens (tertiary/aromatic N) is 1. The van der Waals surface area contributed by atoms with Gasteiger partial charge in [-0.3, -0.25) is 4.99 Å². The van der Waals surface area contributed by atoms with E-state index in [1.165, 1.54) is 0 Å². The van der Waals surface area contributed by atoms with E-state index in [1.807, 2.05) is 6.92 Å². The summed E-state index contributed by atoms with van der Waals surface area (Å²) in [5, 5.41) is 0. The third-order valence-corrected chi connectivity index (χ3v) is 0.948. The maximum Gasteiger partial charge on any atom is 0.179 e. The third kappa shape index (κ3) is 2.31. The standard InChI is InChI=1S/C5H9NO.BrH/c1-5-6-3-2-4-7-5;/h2-4H2,1H3;1H. The molecule has 0 aromatic carbocycles. The first-order valence-corrected chi connectivity index (χ1v) is 2.53. The highest BCUT2D eigenvalue weighted by Gasteiger charge is 1.96. The van der Waals surface area contributed by atoms with E-state index in [-0.39, 0.29) is 17.0 Å². The van der Waals surface area contributed by atoms with E-state index in [4.69, 9.17) is 4.74 Å². The van der Waals surface area contributed by atoms with Crippen molar-refractivity contribution in [1.82, 2.24) is 0 Å². The van der Waals surface area contributed by atoms with Gasteiger partial charge in [0, 0.05) is 19.9 Å². The highest BCUT2D eigenvalue weighted by molar-refractivity contribution is 8.93. The Morgan fingerprint density at radius 3 is 2.62 bits per heavy atom. The van der Waals surface area contributed by atoms with Crippen LogP contribution >= 0.6 is 17.0 Å². The van der Waals surface area contributed by atoms with Gasteiger partial charge < -0.3 is 4.74 Å². The van der Waals surface area contributed by atoms with Crippen molar-refractivity contribution < 1.29 is 4.74 Å². The van der Waals surface area contributed by atoms with Crippen molar-refractivity contribution in [3.63, 3.8) is 0 Å². The lowest BCUT2D eigenvalue weighted by molar-refractivity contribution is 0.280. The first-order chi connectivity index (χ1) is 3.39. The van der Waals surface area contributed by atoms with E-state index in [0.29, 0.717) is 0 Å². The molecule has 48 valence electrons. The molecule has 0 aromatic rings. The average Bonchev–Trinajstić information content (AvgIpc) is 1.69. The van der Waals surface area contributed by atoms with Crippen molar-refractivity contribution in [1.29, 1.82) is 0 Å². The Morgan fingerprint density at radius 2 is 2.38 bits per heavy atom. The molecule has 0 saturated carbocycles. The number of ether oxygens (including phenoxy) is 1. The molecule has 0 aromatic heterocycles. The molecule has 0 unspecified atom stereocenters. The summed E-state index contributed by atoms with van der Waals surface area (Å²) in [5.74, 6) is 0.839. The Labute approximate surface area is 59.7 Å². The molecular weight excluding hydrogens is 170 g/mol. The molecule has 0 spiro atoms. The Hall–Kier alpha value is -0.0500. The summed E-state index contributed by atoms with van der Waals surface area (Å²) in [6.45, 7) is 3.69. The van der Waals surface area contributed by atoms with Crippen LogP contribution in [-0.4, -0.2) is 19.0 Å². The van der Waals surface area contributed by atoms with Crippen LogP contribution in [0.5, 0.6) is 0 Å². The zero-order valence-corrected chi connectivity index (χ0v) is 6.60. The minimum absolute atomic E-state index is 0. The van der Waals surface area contributed by atoms with Crippen molar-refractivity contribution in [3.8, 4) is 0 Å². The molecule has 1 aliphatic heterocycles. The fourth-order valence-corrected chi connectivity index (χ4v) is 0.567. The smallest absolute Gasteiger partial charge is 0.179 e. The number of hydrogen-bond acceptors (Lipinski definition) is 2. The summed E-state index contributed by atoms with van der Waals surface area (Å²) >= 11 is 0. The van der Waals surface area contributed by atoms with Crippen molar-refractivity contribution >= 4 is 22.9 Å². The minimum atomic E-state index is 0. The van der Waals surface area contributed by atoms with Crippen LogP contribution in [0.4, 0.5) is 0 Å². The largest absolute Gasteiger partial charge is 0.481 e. The molecule has 0 N–H and O–H groups in total. The topological polar surface area (TPSA) is 21.6 Å². The van der Waals surface area contributed by atoms with Crippen LogP contribution in [0, 0.1) is 0 Å². The second kappa shape index (κ2) is 3.89. The summed E-state index contributed by atoms with van der Waals surface area (Å²) in [7, 11) is 0. The Morgan fingerprint density at radius 1 is 1.62 bits per heavy atom. The van der Waals surface area contributed by atoms with Gasteiger partial charge in [0.25, 0.3) is 0 Å². The van der Waals surface area contributed by atoms with Crippen LogP contribution in [0.3, 0.4) is 0 Å². The predicted molar refractivity (Wildman–Crippen MR) is 38.9 cm³/mol. The van der Waals surface area contributed by atoms with Crippen LogP contribution in [0.2, 0.25) is 0 Å². The minimum Gasteiger partial charge on any atom is -0.481 e. The molecule has 0 aliphatic carbocycles. The molecule has 0 atom stereocenters. The SMILES string of the molecule is Br.CC1=NCCCO1. The summed E-state index contributed by atoms with van der Waals surface area (Å²) in [6.07, 6.45) is 1.08. The Balaban J connectivity index is 0.000000490. The summed E-state index contributed by atoms with van der Waals surface area (Å²) < 4.78 is 5.03. The summed E-state index contributed by atoms with van der Waals surface area (Å²) in [6, 6.07) is 0. The van der Waals surface area contributed by atoms with Gasteiger partial charge in [0.15, 0.2) is 5.90 Å². The van der Waals surface area contributed by atoms with Gasteiger partial charge in [-0.1, -0.05) is 0 Å². The van der Waals surface area contributed by atoms with Gasteiger partial charge in [-0.15, -0.1) is 17.0 Å². The van der Waals surface area contributed by atoms with E-state index in [2.05, 4.69) is 4.99 Å². The molecule has 0 amide bonds. The molecule has 1 rings (SSSR count). The Kier molecular flexibility index (Phi) is 3.87. The van der Waals surface area contributed by atoms with Gasteiger partial charge in [0.05, 0.1) is 6.61 Å². The second-order valence-electron chi connectivity index (χ2n) is 1.60. The molecule has 3 heteroatoms. The van der Waals surface area contributed by atoms with Crippen molar-refractivity contribution in [2.24, 2.45) is 4.99 Å². The fraction of sp³-hybridized carbons (Fsp3) is 0.800. The van der Waals surface area contributed by atoms with Crippen LogP contribution in [-0.2, 0) is 4.74 Å². The zero-order valence-electron chi connectivity index (χ0n) is 4.89. The molecule has 1 aliphatic rings. The van der Waals surface area contributed by atoms with E-state index < -0.39 is 0 Å². The molecule has 8 heavy (non-hydrogen) atoms. The van der Waals surface area contributed by atoms with Crippen molar-refractivity contribution in [3.05, 3.63) is 0 Å². The number of hydrogen-bond donors (Lipinski definition) is 0. The highest BCUT2D eigenvalue weighted by Crippen LogP contribution is 1.93. The first kappa shape index (κ1) is 7.95. The van der Waals surface area contributed by atoms with Gasteiger partial charge in [-0.05, 0) is 0 Å². The van der Waals surface area contributed by atoms with Gasteiger partial charge in [-0.2, -0.15) is 0 Å². The zero-order chi connectivity index (χ0) is 5.11. The number of aliphatic imine (C=N–C) groups is 1. The third-order valence-electron chi connectivity index (χ3n) is 0.948. The quantitative estimate of drug-likeness (QED) is 0.552. The summed E-state index contributed by atoms with van der Waals surface area (Å²) in [5.41, 5.74) is 0. The van der Waals surface area contributed by atoms with Crippen LogP contribution in [0.25, 0.3) is 0 Å². The van der Waals surface area contributed by atoms with Crippen molar-refractivity contribution in [2.75, 3.05) is 13.2 Å². The second-order valence-corrected chi connectivity index (χ2v) is 1.60. The maximum absolute atomic E-state index is 5.03. The molecule has 0 saturated heterocycles. The van der Waals surface area contributed by atoms with Crippen LogP contribution in [0.1, 0.15) is 13.3 Å². The van der Waals surface area contributed by atoms with E-state index >= 15 is 0 Å². The van der Waals surface area contributed by atoms with Gasteiger partial charge in [0.1, 0.15) is 0 Å². The maximum atomic E-state index is 5.03. The van der Waals surface area contributed by atoms with Crippen LogP contribution in [0.15, 0.2) is 4.99 Å². The molecular formula is C5H10BrNO. The molecule has 0 bridgehead atoms. The lowest BCUT2D eigenvalue weighted by atomic mass is 10.4. The number of rotatable bonds is 0. The van der Waals surface area contributed by atoms with Gasteiger partial charge in [0.2, 0.25) is 0 Å². The van der Waals surface area contributed by atoms with Crippen molar-refractivity contribution in [2.45, 2.75) is 13.3 Å².